The van der Waals surface area contributed by atoms with Gasteiger partial charge in [-0.1, -0.05) is 0 Å². The molecule has 1 N–H and O–H groups in total. The second-order valence-corrected chi connectivity index (χ2v) is 4.38. The van der Waals surface area contributed by atoms with Crippen LogP contribution in [0.5, 0.6) is 0 Å². The summed E-state index contributed by atoms with van der Waals surface area (Å²) in [5.74, 6) is 0.0600. The van der Waals surface area contributed by atoms with Crippen molar-refractivity contribution in [3.05, 3.63) is 24.2 Å². The number of hydrogen-bond acceptors (Lipinski definition) is 4. The molecule has 0 amide bonds. The average Bonchev–Trinajstić information content (AvgIpc) is 2.64. The van der Waals surface area contributed by atoms with E-state index in [4.69, 9.17) is 9.15 Å². The quantitative estimate of drug-likeness (QED) is 0.777. The Labute approximate surface area is 88.8 Å². The molecule has 1 rings (SSSR count). The normalized spacial score (nSPS) is 13.6. The monoisotopic (exact) mass is 212 g/mol. The minimum atomic E-state index is -0.897. The maximum absolute atomic E-state index is 11.4. The van der Waals surface area contributed by atoms with Gasteiger partial charge in [0.1, 0.15) is 18.5 Å². The molecular weight excluding hydrogens is 196 g/mol. The van der Waals surface area contributed by atoms with Crippen LogP contribution in [0.3, 0.4) is 0 Å². The first kappa shape index (κ1) is 11.8. The van der Waals surface area contributed by atoms with Crippen LogP contribution >= 0.6 is 0 Å². The highest BCUT2D eigenvalue weighted by Gasteiger charge is 2.24. The second kappa shape index (κ2) is 4.49. The number of carbonyl (C=O) groups is 1. The van der Waals surface area contributed by atoms with Gasteiger partial charge in [-0.2, -0.15) is 0 Å². The second-order valence-electron chi connectivity index (χ2n) is 4.38. The van der Waals surface area contributed by atoms with Crippen molar-refractivity contribution in [3.8, 4) is 0 Å². The first-order chi connectivity index (χ1) is 6.91. The lowest BCUT2D eigenvalue weighted by Crippen LogP contribution is -2.24. The molecular formula is C11H16O4. The summed E-state index contributed by atoms with van der Waals surface area (Å²) in [5, 5.41) is 9.55. The van der Waals surface area contributed by atoms with E-state index >= 15 is 0 Å². The molecule has 1 aromatic heterocycles. The van der Waals surface area contributed by atoms with E-state index < -0.39 is 11.5 Å². The molecule has 0 aliphatic heterocycles. The summed E-state index contributed by atoms with van der Waals surface area (Å²) in [6, 6.07) is 3.31. The number of rotatable bonds is 3. The van der Waals surface area contributed by atoms with Gasteiger partial charge in [0, 0.05) is 0 Å². The Morgan fingerprint density at radius 1 is 1.60 bits per heavy atom. The third kappa shape index (κ3) is 3.40. The first-order valence-corrected chi connectivity index (χ1v) is 4.80. The fraction of sp³-hybridized carbons (Fsp3) is 0.545. The van der Waals surface area contributed by atoms with Crippen LogP contribution in [0.2, 0.25) is 0 Å². The van der Waals surface area contributed by atoms with E-state index in [0.717, 1.165) is 0 Å². The molecule has 0 aliphatic rings. The molecule has 0 fully saturated rings. The van der Waals surface area contributed by atoms with E-state index in [1.807, 2.05) is 0 Å². The molecule has 1 aromatic rings. The maximum atomic E-state index is 11.4. The number of ether oxygens (including phenoxy) is 1. The van der Waals surface area contributed by atoms with Crippen molar-refractivity contribution in [2.45, 2.75) is 26.9 Å². The Bertz CT molecular complexity index is 308. The zero-order valence-electron chi connectivity index (χ0n) is 9.19. The van der Waals surface area contributed by atoms with Crippen molar-refractivity contribution >= 4 is 5.97 Å². The Balaban J connectivity index is 2.42. The van der Waals surface area contributed by atoms with E-state index in [0.29, 0.717) is 5.76 Å². The van der Waals surface area contributed by atoms with Crippen LogP contribution in [0.25, 0.3) is 0 Å². The Kier molecular flexibility index (Phi) is 3.52. The predicted octanol–water partition coefficient (Wildman–Crippen LogP) is 1.90. The molecule has 15 heavy (non-hydrogen) atoms. The highest BCUT2D eigenvalue weighted by Crippen LogP contribution is 2.18. The average molecular weight is 212 g/mol. The van der Waals surface area contributed by atoms with Gasteiger partial charge in [0.25, 0.3) is 0 Å². The van der Waals surface area contributed by atoms with Gasteiger partial charge in [0.2, 0.25) is 0 Å². The SMILES string of the molecule is CC(C)(C)C(=O)OC[C@@H](O)c1ccco1. The summed E-state index contributed by atoms with van der Waals surface area (Å²) in [6.07, 6.45) is 0.565. The fourth-order valence-electron chi connectivity index (χ4n) is 0.934. The highest BCUT2D eigenvalue weighted by atomic mass is 16.5. The molecule has 0 aromatic carbocycles. The number of esters is 1. The molecule has 1 atom stereocenters. The lowest BCUT2D eigenvalue weighted by molar-refractivity contribution is -0.156. The lowest BCUT2D eigenvalue weighted by atomic mass is 9.97. The Hall–Kier alpha value is -1.29. The van der Waals surface area contributed by atoms with E-state index in [9.17, 15) is 9.90 Å². The summed E-state index contributed by atoms with van der Waals surface area (Å²) in [5.41, 5.74) is -0.553. The summed E-state index contributed by atoms with van der Waals surface area (Å²) < 4.78 is 9.91. The minimum Gasteiger partial charge on any atom is -0.466 e. The van der Waals surface area contributed by atoms with Gasteiger partial charge in [-0.15, -0.1) is 0 Å². The van der Waals surface area contributed by atoms with Crippen LogP contribution in [-0.2, 0) is 9.53 Å². The number of carbonyl (C=O) groups excluding carboxylic acids is 1. The summed E-state index contributed by atoms with van der Waals surface area (Å²) >= 11 is 0. The first-order valence-electron chi connectivity index (χ1n) is 4.80. The molecule has 0 radical (unpaired) electrons. The van der Waals surface area contributed by atoms with Crippen molar-refractivity contribution in [1.82, 2.24) is 0 Å². The number of aliphatic hydroxyl groups excluding tert-OH is 1. The Morgan fingerprint density at radius 2 is 2.27 bits per heavy atom. The summed E-state index contributed by atoms with van der Waals surface area (Å²) in [4.78, 5) is 11.4. The standard InChI is InChI=1S/C11H16O4/c1-11(2,3)10(13)15-7-8(12)9-5-4-6-14-9/h4-6,8,12H,7H2,1-3H3/t8-/m1/s1. The van der Waals surface area contributed by atoms with Gasteiger partial charge < -0.3 is 14.3 Å². The van der Waals surface area contributed by atoms with Gasteiger partial charge >= 0.3 is 5.97 Å². The van der Waals surface area contributed by atoms with Crippen molar-refractivity contribution in [2.75, 3.05) is 6.61 Å². The maximum Gasteiger partial charge on any atom is 0.311 e. The summed E-state index contributed by atoms with van der Waals surface area (Å²) in [6.45, 7) is 5.20. The van der Waals surface area contributed by atoms with Gasteiger partial charge in [0.05, 0.1) is 11.7 Å². The number of furan rings is 1. The topological polar surface area (TPSA) is 59.7 Å². The van der Waals surface area contributed by atoms with Gasteiger partial charge in [0.15, 0.2) is 0 Å². The zero-order chi connectivity index (χ0) is 11.5. The van der Waals surface area contributed by atoms with Crippen molar-refractivity contribution < 1.29 is 19.1 Å². The molecule has 0 saturated carbocycles. The van der Waals surface area contributed by atoms with E-state index in [1.165, 1.54) is 6.26 Å². The molecule has 84 valence electrons. The smallest absolute Gasteiger partial charge is 0.311 e. The van der Waals surface area contributed by atoms with Crippen LogP contribution in [-0.4, -0.2) is 17.7 Å². The van der Waals surface area contributed by atoms with Crippen molar-refractivity contribution in [3.63, 3.8) is 0 Å². The van der Waals surface area contributed by atoms with E-state index in [-0.39, 0.29) is 12.6 Å². The molecule has 0 bridgehead atoms. The number of hydrogen-bond donors (Lipinski definition) is 1. The third-order valence-corrected chi connectivity index (χ3v) is 1.86. The van der Waals surface area contributed by atoms with Crippen molar-refractivity contribution in [2.24, 2.45) is 5.41 Å². The molecule has 0 unspecified atom stereocenters. The lowest BCUT2D eigenvalue weighted by Gasteiger charge is -2.17. The van der Waals surface area contributed by atoms with Gasteiger partial charge in [-0.3, -0.25) is 4.79 Å². The predicted molar refractivity (Wildman–Crippen MR) is 54.1 cm³/mol. The van der Waals surface area contributed by atoms with Crippen LogP contribution < -0.4 is 0 Å². The zero-order valence-corrected chi connectivity index (χ0v) is 9.19. The van der Waals surface area contributed by atoms with Crippen LogP contribution in [0.4, 0.5) is 0 Å². The largest absolute Gasteiger partial charge is 0.466 e. The van der Waals surface area contributed by atoms with Gasteiger partial charge in [-0.25, -0.2) is 0 Å². The highest BCUT2D eigenvalue weighted by molar-refractivity contribution is 5.75. The van der Waals surface area contributed by atoms with Crippen LogP contribution in [0.15, 0.2) is 22.8 Å². The molecule has 0 aliphatic carbocycles. The van der Waals surface area contributed by atoms with Gasteiger partial charge in [-0.05, 0) is 32.9 Å². The van der Waals surface area contributed by atoms with E-state index in [1.54, 1.807) is 32.9 Å². The molecule has 4 nitrogen and oxygen atoms in total. The molecule has 0 spiro atoms. The van der Waals surface area contributed by atoms with E-state index in [2.05, 4.69) is 0 Å². The van der Waals surface area contributed by atoms with Crippen molar-refractivity contribution in [1.29, 1.82) is 0 Å². The Morgan fingerprint density at radius 3 is 2.73 bits per heavy atom. The molecule has 4 heteroatoms. The fourth-order valence-corrected chi connectivity index (χ4v) is 0.934. The molecule has 0 saturated heterocycles. The molecule has 1 heterocycles. The minimum absolute atomic E-state index is 0.0797. The van der Waals surface area contributed by atoms with Crippen LogP contribution in [0, 0.1) is 5.41 Å². The third-order valence-electron chi connectivity index (χ3n) is 1.86. The summed E-state index contributed by atoms with van der Waals surface area (Å²) in [7, 11) is 0. The van der Waals surface area contributed by atoms with Crippen LogP contribution in [0.1, 0.15) is 32.6 Å². The number of aliphatic hydroxyl groups is 1.